The zero-order valence-corrected chi connectivity index (χ0v) is 15.3. The topological polar surface area (TPSA) is 97.3 Å². The summed E-state index contributed by atoms with van der Waals surface area (Å²) in [6.45, 7) is 6.17. The summed E-state index contributed by atoms with van der Waals surface area (Å²) in [5.41, 5.74) is 0.269. The molecule has 1 aliphatic heterocycles. The molecule has 8 nitrogen and oxygen atoms in total. The van der Waals surface area contributed by atoms with E-state index in [1.807, 2.05) is 30.3 Å². The van der Waals surface area contributed by atoms with Crippen molar-refractivity contribution >= 4 is 12.2 Å². The van der Waals surface area contributed by atoms with E-state index in [0.29, 0.717) is 6.54 Å². The van der Waals surface area contributed by atoms with Crippen LogP contribution in [0.25, 0.3) is 0 Å². The first-order valence-electron chi connectivity index (χ1n) is 8.53. The van der Waals surface area contributed by atoms with Crippen molar-refractivity contribution in [3.63, 3.8) is 0 Å². The van der Waals surface area contributed by atoms with E-state index in [0.717, 1.165) is 5.56 Å². The highest BCUT2D eigenvalue weighted by atomic mass is 16.6. The normalized spacial score (nSPS) is 19.7. The molecule has 1 heterocycles. The van der Waals surface area contributed by atoms with Crippen molar-refractivity contribution < 1.29 is 19.1 Å². The van der Waals surface area contributed by atoms with Crippen LogP contribution in [0, 0.1) is 10.8 Å². The minimum atomic E-state index is -0.612. The smallest absolute Gasteiger partial charge is 0.410 e. The predicted molar refractivity (Wildman–Crippen MR) is 95.5 cm³/mol. The fourth-order valence-electron chi connectivity index (χ4n) is 2.64. The molecule has 0 aromatic heterocycles. The number of hydrogen-bond donors (Lipinski definition) is 1. The average Bonchev–Trinajstić information content (AvgIpc) is 3.01. The first-order valence-corrected chi connectivity index (χ1v) is 8.53. The molecule has 1 N–H and O–H groups in total. The summed E-state index contributed by atoms with van der Waals surface area (Å²) in [6.07, 6.45) is -1.06. The van der Waals surface area contributed by atoms with E-state index in [1.165, 1.54) is 4.90 Å². The van der Waals surface area contributed by atoms with Crippen molar-refractivity contribution in [2.24, 2.45) is 11.1 Å². The Morgan fingerprint density at radius 1 is 1.23 bits per heavy atom. The minimum Gasteiger partial charge on any atom is -0.445 e. The van der Waals surface area contributed by atoms with Crippen LogP contribution in [0.3, 0.4) is 0 Å². The summed E-state index contributed by atoms with van der Waals surface area (Å²) < 4.78 is 10.4. The van der Waals surface area contributed by atoms with Crippen LogP contribution < -0.4 is 5.32 Å². The van der Waals surface area contributed by atoms with Crippen LogP contribution in [0.5, 0.6) is 0 Å². The number of hydrogen-bond acceptors (Lipinski definition) is 6. The van der Waals surface area contributed by atoms with Gasteiger partial charge in [0.25, 0.3) is 0 Å². The van der Waals surface area contributed by atoms with Crippen LogP contribution in [0.15, 0.2) is 35.5 Å². The summed E-state index contributed by atoms with van der Waals surface area (Å²) in [5.74, 6) is -0.274. The Morgan fingerprint density at radius 2 is 1.92 bits per heavy atom. The number of ether oxygens (including phenoxy) is 2. The molecular weight excluding hydrogens is 338 g/mol. The van der Waals surface area contributed by atoms with Gasteiger partial charge in [-0.15, -0.1) is 0 Å². The van der Waals surface area contributed by atoms with Crippen molar-refractivity contribution in [3.8, 4) is 0 Å². The van der Waals surface area contributed by atoms with Crippen molar-refractivity contribution in [2.75, 3.05) is 19.6 Å². The number of nitrogens with one attached hydrogen (secondary N) is 1. The second kappa shape index (κ2) is 8.64. The second-order valence-corrected chi connectivity index (χ2v) is 7.26. The maximum Gasteiger partial charge on any atom is 0.410 e. The Labute approximate surface area is 152 Å². The molecule has 8 heteroatoms. The molecule has 2 atom stereocenters. The Morgan fingerprint density at radius 3 is 2.54 bits per heavy atom. The molecule has 1 aromatic carbocycles. The van der Waals surface area contributed by atoms with Gasteiger partial charge in [0.05, 0.1) is 6.54 Å². The quantitative estimate of drug-likeness (QED) is 0.811. The Balaban J connectivity index is 1.79. The van der Waals surface area contributed by atoms with Crippen molar-refractivity contribution in [2.45, 2.75) is 39.0 Å². The van der Waals surface area contributed by atoms with Crippen LogP contribution in [0.1, 0.15) is 26.3 Å². The lowest BCUT2D eigenvalue weighted by Gasteiger charge is -2.24. The van der Waals surface area contributed by atoms with E-state index >= 15 is 0 Å². The first kappa shape index (κ1) is 19.7. The Hall–Kier alpha value is -2.64. The van der Waals surface area contributed by atoms with Gasteiger partial charge in [-0.3, -0.25) is 0 Å². The molecule has 1 saturated heterocycles. The molecule has 1 aromatic rings. The fourth-order valence-corrected chi connectivity index (χ4v) is 2.64. The van der Waals surface area contributed by atoms with Gasteiger partial charge in [-0.25, -0.2) is 9.59 Å². The molecule has 26 heavy (non-hydrogen) atoms. The van der Waals surface area contributed by atoms with E-state index in [-0.39, 0.29) is 25.6 Å². The number of alkyl carbamates (subject to hydrolysis) is 1. The summed E-state index contributed by atoms with van der Waals surface area (Å²) in [7, 11) is 0. The van der Waals surface area contributed by atoms with Gasteiger partial charge >= 0.3 is 12.2 Å². The Kier molecular flexibility index (Phi) is 6.54. The van der Waals surface area contributed by atoms with Crippen molar-refractivity contribution in [1.82, 2.24) is 10.2 Å². The van der Waals surface area contributed by atoms with E-state index in [1.54, 1.807) is 20.8 Å². The third kappa shape index (κ3) is 6.02. The Bertz CT molecular complexity index is 629. The summed E-state index contributed by atoms with van der Waals surface area (Å²) >= 11 is 0. The van der Waals surface area contributed by atoms with Crippen LogP contribution in [0.2, 0.25) is 0 Å². The maximum absolute atomic E-state index is 12.1. The number of amides is 2. The summed E-state index contributed by atoms with van der Waals surface area (Å²) in [5, 5.41) is 5.71. The lowest BCUT2D eigenvalue weighted by Crippen LogP contribution is -2.36. The predicted octanol–water partition coefficient (Wildman–Crippen LogP) is 2.91. The largest absolute Gasteiger partial charge is 0.445 e. The monoisotopic (exact) mass is 363 g/mol. The van der Waals surface area contributed by atoms with Crippen LogP contribution in [-0.2, 0) is 16.1 Å². The van der Waals surface area contributed by atoms with Gasteiger partial charge < -0.3 is 19.7 Å². The van der Waals surface area contributed by atoms with E-state index in [2.05, 4.69) is 10.5 Å². The van der Waals surface area contributed by atoms with Gasteiger partial charge in [-0.1, -0.05) is 35.5 Å². The minimum absolute atomic E-state index is 0.163. The summed E-state index contributed by atoms with van der Waals surface area (Å²) in [6, 6.07) is 8.73. The zero-order chi connectivity index (χ0) is 19.2. The lowest BCUT2D eigenvalue weighted by atomic mass is 10.1. The zero-order valence-electron chi connectivity index (χ0n) is 15.3. The highest BCUT2D eigenvalue weighted by Crippen LogP contribution is 2.22. The van der Waals surface area contributed by atoms with Crippen molar-refractivity contribution in [3.05, 3.63) is 40.8 Å². The first-order chi connectivity index (χ1) is 12.3. The molecule has 1 aliphatic rings. The summed E-state index contributed by atoms with van der Waals surface area (Å²) in [4.78, 5) is 36.4. The third-order valence-corrected chi connectivity index (χ3v) is 3.91. The van der Waals surface area contributed by atoms with Gasteiger partial charge in [0.15, 0.2) is 0 Å². The van der Waals surface area contributed by atoms with Crippen LogP contribution in [0.4, 0.5) is 9.59 Å². The third-order valence-electron chi connectivity index (χ3n) is 3.91. The van der Waals surface area contributed by atoms with Gasteiger partial charge in [0.2, 0.25) is 0 Å². The molecule has 2 rings (SSSR count). The highest BCUT2D eigenvalue weighted by molar-refractivity contribution is 5.69. The molecule has 0 aliphatic carbocycles. The molecular formula is C18H25N3O5. The van der Waals surface area contributed by atoms with Gasteiger partial charge in [0.1, 0.15) is 18.2 Å². The molecule has 0 radical (unpaired) electrons. The molecule has 1 fully saturated rings. The molecule has 0 spiro atoms. The van der Waals surface area contributed by atoms with Gasteiger partial charge in [-0.05, 0) is 26.3 Å². The number of nitroso groups, excluding NO2 is 1. The fraction of sp³-hybridized carbons (Fsp3) is 0.556. The standard InChI is InChI=1S/C18H25N3O5/c1-18(2,3)26-17(23)21-10-14(15(11-21)20-24)9-19-16(22)25-12-13-7-5-4-6-8-13/h4-8,14-15H,9-12H2,1-3H3,(H,19,22)/t14-,15?/m0/s1. The van der Waals surface area contributed by atoms with Crippen molar-refractivity contribution in [1.29, 1.82) is 0 Å². The average molecular weight is 363 g/mol. The number of rotatable bonds is 5. The van der Waals surface area contributed by atoms with Gasteiger partial charge in [0, 0.05) is 19.0 Å². The second-order valence-electron chi connectivity index (χ2n) is 7.26. The number of carbonyl (C=O) groups excluding carboxylic acids is 2. The van der Waals surface area contributed by atoms with Gasteiger partial charge in [-0.2, -0.15) is 4.91 Å². The molecule has 1 unspecified atom stereocenters. The number of nitrogens with zero attached hydrogens (tertiary/aromatic N) is 2. The molecule has 0 saturated carbocycles. The van der Waals surface area contributed by atoms with E-state index in [9.17, 15) is 14.5 Å². The lowest BCUT2D eigenvalue weighted by molar-refractivity contribution is 0.0287. The SMILES string of the molecule is CC(C)(C)OC(=O)N1CC(N=O)[C@@H](CNC(=O)OCc2ccccc2)C1. The van der Waals surface area contributed by atoms with E-state index < -0.39 is 23.8 Å². The molecule has 142 valence electrons. The number of likely N-dealkylation sites (tertiary alicyclic amines) is 1. The van der Waals surface area contributed by atoms with Crippen LogP contribution in [-0.4, -0.2) is 48.4 Å². The molecule has 2 amide bonds. The maximum atomic E-state index is 12.1. The van der Waals surface area contributed by atoms with E-state index in [4.69, 9.17) is 9.47 Å². The molecule has 0 bridgehead atoms. The highest BCUT2D eigenvalue weighted by Gasteiger charge is 2.38. The number of carbonyl (C=O) groups is 2. The van der Waals surface area contributed by atoms with Crippen LogP contribution >= 0.6 is 0 Å². The number of benzene rings is 1.